The molecule has 5 heteroatoms. The van der Waals surface area contributed by atoms with Crippen LogP contribution in [0.1, 0.15) is 11.4 Å². The molecule has 2 aromatic heterocycles. The minimum absolute atomic E-state index is 0.597. The van der Waals surface area contributed by atoms with Crippen molar-refractivity contribution >= 4 is 28.8 Å². The van der Waals surface area contributed by atoms with Crippen LogP contribution >= 0.6 is 23.2 Å². The van der Waals surface area contributed by atoms with Gasteiger partial charge in [-0.2, -0.15) is 0 Å². The number of rotatable bonds is 2. The van der Waals surface area contributed by atoms with E-state index in [9.17, 15) is 0 Å². The van der Waals surface area contributed by atoms with Crippen molar-refractivity contribution in [1.82, 2.24) is 14.6 Å². The van der Waals surface area contributed by atoms with Gasteiger partial charge < -0.3 is 0 Å². The molecule has 0 amide bonds. The van der Waals surface area contributed by atoms with Crippen LogP contribution in [0, 0.1) is 0 Å². The topological polar surface area (TPSA) is 30.2 Å². The van der Waals surface area contributed by atoms with Crippen LogP contribution in [0.2, 0.25) is 10.2 Å². The highest BCUT2D eigenvalue weighted by Gasteiger charge is 2.10. The third-order valence-electron chi connectivity index (χ3n) is 2.75. The number of pyridine rings is 1. The first-order valence-corrected chi connectivity index (χ1v) is 6.23. The molecule has 0 aliphatic carbocycles. The maximum atomic E-state index is 6.16. The summed E-state index contributed by atoms with van der Waals surface area (Å²) in [5.41, 5.74) is 1.75. The number of benzene rings is 1. The van der Waals surface area contributed by atoms with Crippen molar-refractivity contribution in [2.45, 2.75) is 6.42 Å². The minimum atomic E-state index is 0.597. The highest BCUT2D eigenvalue weighted by atomic mass is 35.5. The second-order valence-electron chi connectivity index (χ2n) is 3.93. The third-order valence-corrected chi connectivity index (χ3v) is 3.42. The molecule has 3 rings (SSSR count). The average molecular weight is 278 g/mol. The molecule has 0 aliphatic rings. The van der Waals surface area contributed by atoms with Crippen LogP contribution in [0.3, 0.4) is 0 Å². The Morgan fingerprint density at radius 3 is 2.61 bits per heavy atom. The number of nitrogens with zero attached hydrogens (tertiary/aromatic N) is 3. The van der Waals surface area contributed by atoms with E-state index in [1.54, 1.807) is 0 Å². The standard InChI is InChI=1S/C13H9Cl2N3/c14-10-5-2-1-4-9(10)8-13-17-16-12-7-3-6-11(15)18(12)13/h1-7H,8H2. The van der Waals surface area contributed by atoms with Crippen molar-refractivity contribution in [1.29, 1.82) is 0 Å². The van der Waals surface area contributed by atoms with E-state index in [0.717, 1.165) is 22.1 Å². The lowest BCUT2D eigenvalue weighted by Crippen LogP contribution is -1.98. The normalized spacial score (nSPS) is 11.0. The Hall–Kier alpha value is -1.58. The first kappa shape index (κ1) is 11.5. The monoisotopic (exact) mass is 277 g/mol. The van der Waals surface area contributed by atoms with E-state index in [2.05, 4.69) is 10.2 Å². The van der Waals surface area contributed by atoms with Crippen LogP contribution in [0.5, 0.6) is 0 Å². The summed E-state index contributed by atoms with van der Waals surface area (Å²) in [7, 11) is 0. The zero-order valence-electron chi connectivity index (χ0n) is 9.35. The van der Waals surface area contributed by atoms with Crippen LogP contribution in [-0.4, -0.2) is 14.6 Å². The molecule has 0 N–H and O–H groups in total. The second-order valence-corrected chi connectivity index (χ2v) is 4.72. The summed E-state index contributed by atoms with van der Waals surface area (Å²) in [6, 6.07) is 13.2. The Kier molecular flexibility index (Phi) is 2.94. The number of aromatic nitrogens is 3. The lowest BCUT2D eigenvalue weighted by Gasteiger charge is -2.04. The summed E-state index contributed by atoms with van der Waals surface area (Å²) in [6.45, 7) is 0. The first-order chi connectivity index (χ1) is 8.75. The SMILES string of the molecule is Clc1ccccc1Cc1nnc2cccc(Cl)n12. The van der Waals surface area contributed by atoms with E-state index in [1.807, 2.05) is 46.9 Å². The van der Waals surface area contributed by atoms with Gasteiger partial charge in [-0.25, -0.2) is 0 Å². The maximum Gasteiger partial charge on any atom is 0.161 e. The maximum absolute atomic E-state index is 6.16. The molecule has 18 heavy (non-hydrogen) atoms. The van der Waals surface area contributed by atoms with E-state index in [-0.39, 0.29) is 0 Å². The molecule has 0 fully saturated rings. The second kappa shape index (κ2) is 4.59. The Bertz CT molecular complexity index is 706. The molecule has 0 radical (unpaired) electrons. The van der Waals surface area contributed by atoms with Crippen molar-refractivity contribution in [3.05, 3.63) is 64.0 Å². The Morgan fingerprint density at radius 2 is 1.78 bits per heavy atom. The average Bonchev–Trinajstić information content (AvgIpc) is 2.77. The zero-order chi connectivity index (χ0) is 12.5. The molecular weight excluding hydrogens is 269 g/mol. The molecule has 0 aliphatic heterocycles. The van der Waals surface area contributed by atoms with Gasteiger partial charge in [0.2, 0.25) is 0 Å². The highest BCUT2D eigenvalue weighted by Crippen LogP contribution is 2.20. The van der Waals surface area contributed by atoms with Crippen molar-refractivity contribution in [3.8, 4) is 0 Å². The fourth-order valence-electron chi connectivity index (χ4n) is 1.89. The van der Waals surface area contributed by atoms with Crippen molar-refractivity contribution in [2.24, 2.45) is 0 Å². The summed E-state index contributed by atoms with van der Waals surface area (Å²) in [4.78, 5) is 0. The first-order valence-electron chi connectivity index (χ1n) is 5.47. The van der Waals surface area contributed by atoms with E-state index in [1.165, 1.54) is 0 Å². The van der Waals surface area contributed by atoms with Crippen molar-refractivity contribution in [3.63, 3.8) is 0 Å². The van der Waals surface area contributed by atoms with Gasteiger partial charge in [0.25, 0.3) is 0 Å². The summed E-state index contributed by atoms with van der Waals surface area (Å²) in [5.74, 6) is 0.781. The summed E-state index contributed by atoms with van der Waals surface area (Å²) < 4.78 is 1.82. The van der Waals surface area contributed by atoms with Crippen LogP contribution in [0.4, 0.5) is 0 Å². The predicted molar refractivity (Wildman–Crippen MR) is 72.3 cm³/mol. The van der Waals surface area contributed by atoms with Crippen molar-refractivity contribution in [2.75, 3.05) is 0 Å². The molecule has 0 atom stereocenters. The molecule has 90 valence electrons. The fraction of sp³-hybridized carbons (Fsp3) is 0.0769. The Morgan fingerprint density at radius 1 is 0.944 bits per heavy atom. The van der Waals surface area contributed by atoms with Gasteiger partial charge in [-0.05, 0) is 23.8 Å². The Balaban J connectivity index is 2.09. The van der Waals surface area contributed by atoms with Crippen LogP contribution in [0.25, 0.3) is 5.65 Å². The van der Waals surface area contributed by atoms with Gasteiger partial charge in [-0.15, -0.1) is 10.2 Å². The molecule has 3 aromatic rings. The number of hydrogen-bond donors (Lipinski definition) is 0. The van der Waals surface area contributed by atoms with Crippen LogP contribution in [-0.2, 0) is 6.42 Å². The van der Waals surface area contributed by atoms with Crippen molar-refractivity contribution < 1.29 is 0 Å². The quantitative estimate of drug-likeness (QED) is 0.670. The van der Waals surface area contributed by atoms with E-state index in [0.29, 0.717) is 11.6 Å². The van der Waals surface area contributed by atoms with Gasteiger partial charge in [0, 0.05) is 11.4 Å². The fourth-order valence-corrected chi connectivity index (χ4v) is 2.35. The van der Waals surface area contributed by atoms with Gasteiger partial charge in [0.1, 0.15) is 11.0 Å². The molecule has 0 bridgehead atoms. The predicted octanol–water partition coefficient (Wildman–Crippen LogP) is 3.63. The molecule has 0 unspecified atom stereocenters. The zero-order valence-corrected chi connectivity index (χ0v) is 10.9. The Labute approximate surface area is 114 Å². The van der Waals surface area contributed by atoms with Gasteiger partial charge in [0.05, 0.1) is 0 Å². The third kappa shape index (κ3) is 1.96. The van der Waals surface area contributed by atoms with E-state index < -0.39 is 0 Å². The van der Waals surface area contributed by atoms with Crippen LogP contribution < -0.4 is 0 Å². The molecule has 0 saturated heterocycles. The lowest BCUT2D eigenvalue weighted by molar-refractivity contribution is 0.935. The van der Waals surface area contributed by atoms with E-state index in [4.69, 9.17) is 23.2 Å². The molecule has 3 nitrogen and oxygen atoms in total. The molecule has 1 aromatic carbocycles. The summed E-state index contributed by atoms with van der Waals surface area (Å²) >= 11 is 12.3. The summed E-state index contributed by atoms with van der Waals surface area (Å²) in [5, 5.41) is 9.57. The minimum Gasteiger partial charge on any atom is -0.269 e. The number of halogens is 2. The highest BCUT2D eigenvalue weighted by molar-refractivity contribution is 6.31. The van der Waals surface area contributed by atoms with E-state index >= 15 is 0 Å². The molecule has 0 spiro atoms. The number of hydrogen-bond acceptors (Lipinski definition) is 2. The molecule has 2 heterocycles. The lowest BCUT2D eigenvalue weighted by atomic mass is 10.1. The van der Waals surface area contributed by atoms with Gasteiger partial charge in [-0.3, -0.25) is 4.40 Å². The van der Waals surface area contributed by atoms with Crippen LogP contribution in [0.15, 0.2) is 42.5 Å². The smallest absolute Gasteiger partial charge is 0.161 e. The molecule has 0 saturated carbocycles. The summed E-state index contributed by atoms with van der Waals surface area (Å²) in [6.07, 6.45) is 0.602. The largest absolute Gasteiger partial charge is 0.269 e. The van der Waals surface area contributed by atoms with Gasteiger partial charge in [0.15, 0.2) is 5.65 Å². The molecular formula is C13H9Cl2N3. The van der Waals surface area contributed by atoms with Gasteiger partial charge >= 0.3 is 0 Å². The number of fused-ring (bicyclic) bond motifs is 1. The van der Waals surface area contributed by atoms with Gasteiger partial charge in [-0.1, -0.05) is 47.5 Å².